The van der Waals surface area contributed by atoms with E-state index in [1.165, 1.54) is 4.57 Å². The zero-order valence-corrected chi connectivity index (χ0v) is 11.7. The fraction of sp³-hybridized carbons (Fsp3) is 0.500. The van der Waals surface area contributed by atoms with Crippen LogP contribution in [0.25, 0.3) is 11.2 Å². The molecule has 0 spiro atoms. The number of aliphatic hydroxyl groups excluding tert-OH is 2. The van der Waals surface area contributed by atoms with Gasteiger partial charge in [-0.15, -0.1) is 0 Å². The van der Waals surface area contributed by atoms with Gasteiger partial charge in [-0.1, -0.05) is 0 Å². The molecule has 0 bridgehead atoms. The molecule has 5 N–H and O–H groups in total. The maximum atomic E-state index is 11.8. The van der Waals surface area contributed by atoms with Gasteiger partial charge in [0.15, 0.2) is 22.1 Å². The molecule has 1 aliphatic heterocycles. The Morgan fingerprint density at radius 3 is 2.95 bits per heavy atom. The van der Waals surface area contributed by atoms with Crippen molar-refractivity contribution in [2.45, 2.75) is 24.9 Å². The van der Waals surface area contributed by atoms with Crippen LogP contribution < -0.4 is 11.3 Å². The smallest absolute Gasteiger partial charge is 0.280 e. The van der Waals surface area contributed by atoms with E-state index >= 15 is 0 Å². The summed E-state index contributed by atoms with van der Waals surface area (Å²) < 4.78 is 7.27. The van der Waals surface area contributed by atoms with Gasteiger partial charge in [0, 0.05) is 6.42 Å². The van der Waals surface area contributed by atoms with Crippen molar-refractivity contribution in [2.24, 2.45) is 0 Å². The van der Waals surface area contributed by atoms with E-state index in [0.717, 1.165) is 0 Å². The van der Waals surface area contributed by atoms with Crippen molar-refractivity contribution in [3.63, 3.8) is 0 Å². The number of nitrogens with two attached hydrogens (primary N) is 1. The highest BCUT2D eigenvalue weighted by atomic mass is 79.9. The zero-order chi connectivity index (χ0) is 14.4. The maximum absolute atomic E-state index is 11.8. The lowest BCUT2D eigenvalue weighted by Gasteiger charge is -2.17. The average molecular weight is 346 g/mol. The summed E-state index contributed by atoms with van der Waals surface area (Å²) in [6.45, 7) is -0.200. The molecule has 3 heterocycles. The molecule has 2 aromatic rings. The number of nitrogens with one attached hydrogen (secondary N) is 1. The van der Waals surface area contributed by atoms with Crippen molar-refractivity contribution >= 4 is 33.0 Å². The number of imidazole rings is 1. The van der Waals surface area contributed by atoms with Crippen LogP contribution >= 0.6 is 15.9 Å². The standard InChI is InChI=1S/C10H12BrN5O4/c11-9-13-5-6(14-10(12)15-7(5)19)16(9)8-4(18)1-3(2-17)20-8/h3-4,8,17-18H,1-2H2,(H3,12,14,15,19)/t3-,4+,8+/m0/s1. The predicted octanol–water partition coefficient (Wildman–Crippen LogP) is -0.895. The highest BCUT2D eigenvalue weighted by Crippen LogP contribution is 2.33. The molecule has 9 nitrogen and oxygen atoms in total. The predicted molar refractivity (Wildman–Crippen MR) is 71.9 cm³/mol. The SMILES string of the molecule is Nc1nc2c(nc(Br)n2[C@@H]2O[C@H](CO)C[C@H]2O)c(=O)[nH]1. The summed E-state index contributed by atoms with van der Waals surface area (Å²) in [6.07, 6.45) is -1.83. The molecule has 0 unspecified atom stereocenters. The lowest BCUT2D eigenvalue weighted by Crippen LogP contribution is -2.21. The number of anilines is 1. The number of nitrogens with zero attached hydrogens (tertiary/aromatic N) is 3. The first-order valence-corrected chi connectivity index (χ1v) is 6.68. The first kappa shape index (κ1) is 13.5. The number of nitrogen functional groups attached to an aromatic ring is 1. The van der Waals surface area contributed by atoms with E-state index in [1.807, 2.05) is 0 Å². The molecule has 0 aliphatic carbocycles. The molecule has 1 fully saturated rings. The molecule has 2 aromatic heterocycles. The van der Waals surface area contributed by atoms with E-state index in [0.29, 0.717) is 4.73 Å². The first-order chi connectivity index (χ1) is 9.51. The van der Waals surface area contributed by atoms with Gasteiger partial charge in [0.2, 0.25) is 5.95 Å². The molecule has 10 heteroatoms. The van der Waals surface area contributed by atoms with Gasteiger partial charge >= 0.3 is 0 Å². The lowest BCUT2D eigenvalue weighted by atomic mass is 10.2. The molecule has 0 aromatic carbocycles. The minimum Gasteiger partial charge on any atom is -0.394 e. The van der Waals surface area contributed by atoms with Crippen LogP contribution in [-0.4, -0.2) is 48.5 Å². The second-order valence-electron chi connectivity index (χ2n) is 4.51. The molecule has 0 saturated carbocycles. The van der Waals surface area contributed by atoms with Crippen molar-refractivity contribution in [3.05, 3.63) is 15.1 Å². The van der Waals surface area contributed by atoms with Gasteiger partial charge in [-0.25, -0.2) is 4.98 Å². The summed E-state index contributed by atoms with van der Waals surface area (Å²) in [5.41, 5.74) is 5.35. The maximum Gasteiger partial charge on any atom is 0.280 e. The van der Waals surface area contributed by atoms with Crippen LogP contribution in [0.3, 0.4) is 0 Å². The summed E-state index contributed by atoms with van der Waals surface area (Å²) in [6, 6.07) is 0. The average Bonchev–Trinajstić information content (AvgIpc) is 2.89. The number of halogens is 1. The van der Waals surface area contributed by atoms with Crippen LogP contribution in [0.1, 0.15) is 12.6 Å². The molecule has 0 amide bonds. The Morgan fingerprint density at radius 2 is 2.30 bits per heavy atom. The van der Waals surface area contributed by atoms with Gasteiger partial charge < -0.3 is 20.7 Å². The van der Waals surface area contributed by atoms with Crippen molar-refractivity contribution in [1.29, 1.82) is 0 Å². The molecule has 3 atom stereocenters. The number of hydrogen-bond acceptors (Lipinski definition) is 7. The molecular formula is C10H12BrN5O4. The van der Waals surface area contributed by atoms with Crippen LogP contribution in [0.15, 0.2) is 9.53 Å². The van der Waals surface area contributed by atoms with Gasteiger partial charge in [0.1, 0.15) is 6.10 Å². The lowest BCUT2D eigenvalue weighted by molar-refractivity contribution is -0.0498. The van der Waals surface area contributed by atoms with E-state index in [-0.39, 0.29) is 30.1 Å². The van der Waals surface area contributed by atoms with E-state index in [9.17, 15) is 9.90 Å². The number of fused-ring (bicyclic) bond motifs is 1. The third-order valence-electron chi connectivity index (χ3n) is 3.15. The van der Waals surface area contributed by atoms with Gasteiger partial charge in [-0.3, -0.25) is 14.3 Å². The number of aromatic amines is 1. The molecule has 0 radical (unpaired) electrons. The Balaban J connectivity index is 2.16. The van der Waals surface area contributed by atoms with Crippen molar-refractivity contribution in [1.82, 2.24) is 19.5 Å². The Bertz CT molecular complexity index is 713. The minimum atomic E-state index is -0.844. The zero-order valence-electron chi connectivity index (χ0n) is 10.2. The Kier molecular flexibility index (Phi) is 3.24. The third-order valence-corrected chi connectivity index (χ3v) is 3.71. The van der Waals surface area contributed by atoms with E-state index in [2.05, 4.69) is 30.9 Å². The minimum absolute atomic E-state index is 0.0534. The molecule has 1 aliphatic rings. The Morgan fingerprint density at radius 1 is 1.55 bits per heavy atom. The number of H-pyrrole nitrogens is 1. The second-order valence-corrected chi connectivity index (χ2v) is 5.22. The fourth-order valence-corrected chi connectivity index (χ4v) is 2.83. The topological polar surface area (TPSA) is 139 Å². The molecule has 3 rings (SSSR count). The van der Waals surface area contributed by atoms with Crippen LogP contribution in [-0.2, 0) is 4.74 Å². The number of hydrogen-bond donors (Lipinski definition) is 4. The second kappa shape index (κ2) is 4.81. The summed E-state index contributed by atoms with van der Waals surface area (Å²) in [7, 11) is 0. The van der Waals surface area contributed by atoms with E-state index in [1.54, 1.807) is 0 Å². The fourth-order valence-electron chi connectivity index (χ4n) is 2.28. The summed E-state index contributed by atoms with van der Waals surface area (Å²) in [4.78, 5) is 22.2. The summed E-state index contributed by atoms with van der Waals surface area (Å²) >= 11 is 3.21. The molecule has 20 heavy (non-hydrogen) atoms. The highest BCUT2D eigenvalue weighted by molar-refractivity contribution is 9.10. The molecule has 1 saturated heterocycles. The molecule has 108 valence electrons. The van der Waals surface area contributed by atoms with Crippen LogP contribution in [0.4, 0.5) is 5.95 Å². The number of rotatable bonds is 2. The van der Waals surface area contributed by atoms with Crippen LogP contribution in [0.2, 0.25) is 0 Å². The van der Waals surface area contributed by atoms with E-state index < -0.39 is 24.0 Å². The number of aromatic nitrogens is 4. The Labute approximate surface area is 120 Å². The number of aliphatic hydroxyl groups is 2. The van der Waals surface area contributed by atoms with Crippen LogP contribution in [0, 0.1) is 0 Å². The van der Waals surface area contributed by atoms with E-state index in [4.69, 9.17) is 15.6 Å². The first-order valence-electron chi connectivity index (χ1n) is 5.89. The van der Waals surface area contributed by atoms with Gasteiger partial charge in [0.25, 0.3) is 5.56 Å². The number of ether oxygens (including phenoxy) is 1. The monoisotopic (exact) mass is 345 g/mol. The molecular weight excluding hydrogens is 334 g/mol. The van der Waals surface area contributed by atoms with Crippen LogP contribution in [0.5, 0.6) is 0 Å². The van der Waals surface area contributed by atoms with Crippen molar-refractivity contribution in [2.75, 3.05) is 12.3 Å². The summed E-state index contributed by atoms with van der Waals surface area (Å²) in [5.74, 6) is -0.0534. The van der Waals surface area contributed by atoms with Gasteiger partial charge in [-0.2, -0.15) is 4.98 Å². The highest BCUT2D eigenvalue weighted by Gasteiger charge is 2.37. The van der Waals surface area contributed by atoms with Crippen molar-refractivity contribution < 1.29 is 14.9 Å². The van der Waals surface area contributed by atoms with Crippen molar-refractivity contribution in [3.8, 4) is 0 Å². The largest absolute Gasteiger partial charge is 0.394 e. The Hall–Kier alpha value is -1.49. The normalized spacial score (nSPS) is 26.4. The quantitative estimate of drug-likeness (QED) is 0.517. The van der Waals surface area contributed by atoms with Gasteiger partial charge in [-0.05, 0) is 15.9 Å². The van der Waals surface area contributed by atoms with Gasteiger partial charge in [0.05, 0.1) is 12.7 Å². The third kappa shape index (κ3) is 2.00. The summed E-state index contributed by atoms with van der Waals surface area (Å²) in [5, 5.41) is 19.1.